The highest BCUT2D eigenvalue weighted by molar-refractivity contribution is 9.10. The molecule has 0 fully saturated rings. The first-order chi connectivity index (χ1) is 8.25. The molecule has 1 aromatic heterocycles. The Morgan fingerprint density at radius 2 is 2.29 bits per heavy atom. The molecular weight excluding hydrogens is 282 g/mol. The maximum absolute atomic E-state index is 4.91. The summed E-state index contributed by atoms with van der Waals surface area (Å²) in [5, 5.41) is 6.90. The molecule has 0 unspecified atom stereocenters. The van der Waals surface area contributed by atoms with Crippen LogP contribution in [0, 0.1) is 6.92 Å². The van der Waals surface area contributed by atoms with E-state index in [0.717, 1.165) is 24.0 Å². The van der Waals surface area contributed by atoms with Gasteiger partial charge in [0.15, 0.2) is 6.33 Å². The molecule has 0 atom stereocenters. The number of aromatic nitrogens is 2. The molecule has 4 nitrogen and oxygen atoms in total. The summed E-state index contributed by atoms with van der Waals surface area (Å²) in [5.41, 5.74) is 2.53. The smallest absolute Gasteiger partial charge is 0.227 e. The number of aryl methyl sites for hydroxylation is 1. The van der Waals surface area contributed by atoms with Crippen molar-refractivity contribution in [3.8, 4) is 0 Å². The SMILES string of the molecule is Cc1cc(CNCCc2ncno2)ccc1Br. The van der Waals surface area contributed by atoms with Crippen molar-refractivity contribution >= 4 is 15.9 Å². The zero-order valence-electron chi connectivity index (χ0n) is 9.61. The Morgan fingerprint density at radius 3 is 3.00 bits per heavy atom. The van der Waals surface area contributed by atoms with Gasteiger partial charge in [-0.3, -0.25) is 0 Å². The van der Waals surface area contributed by atoms with Crippen molar-refractivity contribution in [3.05, 3.63) is 46.0 Å². The molecule has 0 radical (unpaired) electrons. The molecule has 0 saturated carbocycles. The van der Waals surface area contributed by atoms with E-state index >= 15 is 0 Å². The molecule has 0 bridgehead atoms. The molecule has 0 aliphatic heterocycles. The Morgan fingerprint density at radius 1 is 1.41 bits per heavy atom. The van der Waals surface area contributed by atoms with E-state index in [2.05, 4.69) is 56.5 Å². The van der Waals surface area contributed by atoms with E-state index < -0.39 is 0 Å². The fraction of sp³-hybridized carbons (Fsp3) is 0.333. The molecule has 5 heteroatoms. The average molecular weight is 296 g/mol. The largest absolute Gasteiger partial charge is 0.340 e. The summed E-state index contributed by atoms with van der Waals surface area (Å²) in [5.74, 6) is 0.671. The molecule has 90 valence electrons. The van der Waals surface area contributed by atoms with Crippen molar-refractivity contribution in [1.82, 2.24) is 15.5 Å². The highest BCUT2D eigenvalue weighted by Gasteiger charge is 1.99. The first kappa shape index (κ1) is 12.3. The second-order valence-corrected chi connectivity index (χ2v) is 4.70. The molecule has 0 aliphatic rings. The Kier molecular flexibility index (Phi) is 4.28. The predicted molar refractivity (Wildman–Crippen MR) is 68.6 cm³/mol. The minimum Gasteiger partial charge on any atom is -0.340 e. The highest BCUT2D eigenvalue weighted by atomic mass is 79.9. The summed E-state index contributed by atoms with van der Waals surface area (Å²) >= 11 is 3.49. The molecule has 0 amide bonds. The molecule has 0 spiro atoms. The quantitative estimate of drug-likeness (QED) is 0.861. The summed E-state index contributed by atoms with van der Waals surface area (Å²) in [6, 6.07) is 6.35. The highest BCUT2D eigenvalue weighted by Crippen LogP contribution is 2.16. The lowest BCUT2D eigenvalue weighted by atomic mass is 10.1. The Hall–Kier alpha value is -1.20. The summed E-state index contributed by atoms with van der Waals surface area (Å²) in [6.07, 6.45) is 2.18. The number of rotatable bonds is 5. The van der Waals surface area contributed by atoms with Crippen LogP contribution in [0.25, 0.3) is 0 Å². The van der Waals surface area contributed by atoms with Crippen LogP contribution in [0.3, 0.4) is 0 Å². The van der Waals surface area contributed by atoms with Gasteiger partial charge in [-0.2, -0.15) is 4.98 Å². The summed E-state index contributed by atoms with van der Waals surface area (Å²) in [4.78, 5) is 3.96. The van der Waals surface area contributed by atoms with Crippen molar-refractivity contribution in [2.75, 3.05) is 6.54 Å². The van der Waals surface area contributed by atoms with Crippen LogP contribution in [0.15, 0.2) is 33.5 Å². The van der Waals surface area contributed by atoms with Gasteiger partial charge in [0.05, 0.1) is 0 Å². The molecule has 1 heterocycles. The van der Waals surface area contributed by atoms with E-state index in [1.54, 1.807) is 0 Å². The Labute approximate surface area is 109 Å². The summed E-state index contributed by atoms with van der Waals surface area (Å²) in [7, 11) is 0. The summed E-state index contributed by atoms with van der Waals surface area (Å²) in [6.45, 7) is 3.77. The van der Waals surface area contributed by atoms with Gasteiger partial charge < -0.3 is 9.84 Å². The van der Waals surface area contributed by atoms with Crippen LogP contribution in [-0.4, -0.2) is 16.7 Å². The molecule has 0 saturated heterocycles. The standard InChI is InChI=1S/C12H14BrN3O/c1-9-6-10(2-3-11(9)13)7-14-5-4-12-15-8-16-17-12/h2-3,6,8,14H,4-5,7H2,1H3. The van der Waals surface area contributed by atoms with Gasteiger partial charge in [0, 0.05) is 24.0 Å². The van der Waals surface area contributed by atoms with Crippen molar-refractivity contribution in [3.63, 3.8) is 0 Å². The van der Waals surface area contributed by atoms with Crippen LogP contribution >= 0.6 is 15.9 Å². The van der Waals surface area contributed by atoms with Crippen LogP contribution in [0.2, 0.25) is 0 Å². The molecule has 2 rings (SSSR count). The topological polar surface area (TPSA) is 51.0 Å². The number of hydrogen-bond donors (Lipinski definition) is 1. The van der Waals surface area contributed by atoms with Crippen molar-refractivity contribution < 1.29 is 4.52 Å². The third kappa shape index (κ3) is 3.64. The van der Waals surface area contributed by atoms with Crippen LogP contribution < -0.4 is 5.32 Å². The first-order valence-electron chi connectivity index (χ1n) is 5.47. The maximum Gasteiger partial charge on any atom is 0.227 e. The van der Waals surface area contributed by atoms with Gasteiger partial charge in [-0.1, -0.05) is 33.2 Å². The van der Waals surface area contributed by atoms with E-state index in [-0.39, 0.29) is 0 Å². The number of nitrogens with zero attached hydrogens (tertiary/aromatic N) is 2. The van der Waals surface area contributed by atoms with E-state index in [1.165, 1.54) is 17.5 Å². The lowest BCUT2D eigenvalue weighted by Crippen LogP contribution is -2.16. The minimum atomic E-state index is 0.671. The number of nitrogens with one attached hydrogen (secondary N) is 1. The van der Waals surface area contributed by atoms with Crippen LogP contribution in [0.4, 0.5) is 0 Å². The summed E-state index contributed by atoms with van der Waals surface area (Å²) < 4.78 is 6.06. The third-order valence-corrected chi connectivity index (χ3v) is 3.36. The van der Waals surface area contributed by atoms with Gasteiger partial charge >= 0.3 is 0 Å². The molecule has 0 aliphatic carbocycles. The molecule has 1 aromatic carbocycles. The second-order valence-electron chi connectivity index (χ2n) is 3.85. The number of benzene rings is 1. The molecule has 17 heavy (non-hydrogen) atoms. The third-order valence-electron chi connectivity index (χ3n) is 2.47. The Bertz CT molecular complexity index is 471. The maximum atomic E-state index is 4.91. The van der Waals surface area contributed by atoms with E-state index in [0.29, 0.717) is 5.89 Å². The van der Waals surface area contributed by atoms with Gasteiger partial charge in [0.25, 0.3) is 0 Å². The number of halogens is 1. The molecule has 1 N–H and O–H groups in total. The van der Waals surface area contributed by atoms with E-state index in [1.807, 2.05) is 0 Å². The Balaban J connectivity index is 1.76. The van der Waals surface area contributed by atoms with Crippen molar-refractivity contribution in [1.29, 1.82) is 0 Å². The van der Waals surface area contributed by atoms with Gasteiger partial charge in [-0.05, 0) is 24.1 Å². The fourth-order valence-electron chi connectivity index (χ4n) is 1.55. The van der Waals surface area contributed by atoms with Gasteiger partial charge in [0.1, 0.15) is 0 Å². The average Bonchev–Trinajstić information content (AvgIpc) is 2.82. The zero-order chi connectivity index (χ0) is 12.1. The lowest BCUT2D eigenvalue weighted by molar-refractivity contribution is 0.375. The van der Waals surface area contributed by atoms with Crippen LogP contribution in [0.1, 0.15) is 17.0 Å². The zero-order valence-corrected chi connectivity index (χ0v) is 11.2. The minimum absolute atomic E-state index is 0.671. The van der Waals surface area contributed by atoms with E-state index in [4.69, 9.17) is 4.52 Å². The van der Waals surface area contributed by atoms with Gasteiger partial charge in [-0.15, -0.1) is 0 Å². The van der Waals surface area contributed by atoms with Crippen molar-refractivity contribution in [2.24, 2.45) is 0 Å². The monoisotopic (exact) mass is 295 g/mol. The first-order valence-corrected chi connectivity index (χ1v) is 6.26. The normalized spacial score (nSPS) is 10.7. The van der Waals surface area contributed by atoms with Crippen molar-refractivity contribution in [2.45, 2.75) is 19.9 Å². The fourth-order valence-corrected chi connectivity index (χ4v) is 1.80. The molecular formula is C12H14BrN3O. The predicted octanol–water partition coefficient (Wildman–Crippen LogP) is 2.47. The van der Waals surface area contributed by atoms with Gasteiger partial charge in [-0.25, -0.2) is 0 Å². The van der Waals surface area contributed by atoms with Gasteiger partial charge in [0.2, 0.25) is 5.89 Å². The molecule has 2 aromatic rings. The van der Waals surface area contributed by atoms with Crippen LogP contribution in [0.5, 0.6) is 0 Å². The van der Waals surface area contributed by atoms with Crippen LogP contribution in [-0.2, 0) is 13.0 Å². The number of hydrogen-bond acceptors (Lipinski definition) is 4. The van der Waals surface area contributed by atoms with E-state index in [9.17, 15) is 0 Å². The lowest BCUT2D eigenvalue weighted by Gasteiger charge is -2.05. The second kappa shape index (κ2) is 5.93.